The van der Waals surface area contributed by atoms with Crippen molar-refractivity contribution in [2.24, 2.45) is 0 Å². The fraction of sp³-hybridized carbons (Fsp3) is 0. The Labute approximate surface area is 107 Å². The second kappa shape index (κ2) is 4.62. The largest absolute Gasteiger partial charge is 0.288 e. The highest BCUT2D eigenvalue weighted by atomic mass is 79.9. The van der Waals surface area contributed by atoms with Crippen molar-refractivity contribution in [2.45, 2.75) is 0 Å². The normalized spacial score (nSPS) is 10.6. The molecule has 6 heteroatoms. The van der Waals surface area contributed by atoms with E-state index in [-0.39, 0.29) is 4.88 Å². The zero-order valence-corrected chi connectivity index (χ0v) is 10.5. The van der Waals surface area contributed by atoms with E-state index >= 15 is 0 Å². The monoisotopic (exact) mass is 320 g/mol. The number of rotatable bonds is 2. The Balaban J connectivity index is 2.48. The van der Waals surface area contributed by atoms with Gasteiger partial charge in [-0.2, -0.15) is 0 Å². The maximum Gasteiger partial charge on any atom is 0.206 e. The highest BCUT2D eigenvalue weighted by Gasteiger charge is 2.20. The van der Waals surface area contributed by atoms with Gasteiger partial charge in [-0.1, -0.05) is 0 Å². The van der Waals surface area contributed by atoms with E-state index in [1.54, 1.807) is 5.38 Å². The molecule has 0 spiro atoms. The molecule has 1 aromatic carbocycles. The van der Waals surface area contributed by atoms with Gasteiger partial charge < -0.3 is 0 Å². The second-order valence-corrected chi connectivity index (χ2v) is 5.01. The van der Waals surface area contributed by atoms with Gasteiger partial charge in [-0.25, -0.2) is 13.2 Å². The van der Waals surface area contributed by atoms with Crippen molar-refractivity contribution < 1.29 is 18.0 Å². The number of benzene rings is 1. The second-order valence-electron chi connectivity index (χ2n) is 3.18. The molecule has 17 heavy (non-hydrogen) atoms. The molecule has 0 fully saturated rings. The van der Waals surface area contributed by atoms with Crippen LogP contribution in [0.15, 0.2) is 28.1 Å². The van der Waals surface area contributed by atoms with Gasteiger partial charge in [0.2, 0.25) is 5.78 Å². The van der Waals surface area contributed by atoms with Crippen LogP contribution in [0.4, 0.5) is 13.2 Å². The van der Waals surface area contributed by atoms with Crippen LogP contribution in [-0.2, 0) is 0 Å². The number of halogens is 4. The van der Waals surface area contributed by atoms with E-state index in [1.807, 2.05) is 0 Å². The minimum absolute atomic E-state index is 0.252. The Kier molecular flexibility index (Phi) is 3.35. The minimum atomic E-state index is -1.63. The first-order valence-electron chi connectivity index (χ1n) is 4.43. The number of ketones is 1. The van der Waals surface area contributed by atoms with Crippen LogP contribution in [-0.4, -0.2) is 5.78 Å². The van der Waals surface area contributed by atoms with E-state index < -0.39 is 28.8 Å². The first kappa shape index (κ1) is 12.3. The van der Waals surface area contributed by atoms with Gasteiger partial charge in [0.25, 0.3) is 0 Å². The average Bonchev–Trinajstić information content (AvgIpc) is 2.72. The molecule has 0 aliphatic rings. The predicted octanol–water partition coefficient (Wildman–Crippen LogP) is 4.16. The van der Waals surface area contributed by atoms with Crippen molar-refractivity contribution >= 4 is 33.0 Å². The van der Waals surface area contributed by atoms with E-state index in [2.05, 4.69) is 15.9 Å². The molecule has 0 N–H and O–H groups in total. The molecule has 0 radical (unpaired) electrons. The Hall–Kier alpha value is -1.14. The third-order valence-electron chi connectivity index (χ3n) is 2.07. The van der Waals surface area contributed by atoms with E-state index in [1.165, 1.54) is 6.07 Å². The van der Waals surface area contributed by atoms with Crippen molar-refractivity contribution in [3.05, 3.63) is 55.9 Å². The Morgan fingerprint density at radius 1 is 1.18 bits per heavy atom. The highest BCUT2D eigenvalue weighted by Crippen LogP contribution is 2.24. The summed E-state index contributed by atoms with van der Waals surface area (Å²) in [4.78, 5) is 12.1. The molecule has 0 saturated carbocycles. The van der Waals surface area contributed by atoms with Gasteiger partial charge in [0, 0.05) is 9.85 Å². The Bertz CT molecular complexity index is 594. The van der Waals surface area contributed by atoms with E-state index in [0.717, 1.165) is 23.5 Å². The third kappa shape index (κ3) is 2.28. The van der Waals surface area contributed by atoms with Gasteiger partial charge in [0.15, 0.2) is 17.5 Å². The van der Waals surface area contributed by atoms with Crippen molar-refractivity contribution in [1.29, 1.82) is 0 Å². The lowest BCUT2D eigenvalue weighted by Crippen LogP contribution is -2.05. The quantitative estimate of drug-likeness (QED) is 0.600. The van der Waals surface area contributed by atoms with Gasteiger partial charge in [-0.3, -0.25) is 4.79 Å². The lowest BCUT2D eigenvalue weighted by atomic mass is 10.1. The minimum Gasteiger partial charge on any atom is -0.288 e. The van der Waals surface area contributed by atoms with Gasteiger partial charge in [0.05, 0.1) is 10.4 Å². The molecule has 2 aromatic rings. The molecule has 1 aromatic heterocycles. The summed E-state index contributed by atoms with van der Waals surface area (Å²) >= 11 is 4.24. The van der Waals surface area contributed by atoms with E-state index in [0.29, 0.717) is 4.47 Å². The molecule has 0 aliphatic carbocycles. The smallest absolute Gasteiger partial charge is 0.206 e. The van der Waals surface area contributed by atoms with E-state index in [9.17, 15) is 18.0 Å². The summed E-state index contributed by atoms with van der Waals surface area (Å²) in [7, 11) is 0. The van der Waals surface area contributed by atoms with Crippen molar-refractivity contribution in [2.75, 3.05) is 0 Å². The zero-order valence-electron chi connectivity index (χ0n) is 8.14. The summed E-state index contributed by atoms with van der Waals surface area (Å²) in [5, 5.41) is 1.64. The Morgan fingerprint density at radius 3 is 2.47 bits per heavy atom. The summed E-state index contributed by atoms with van der Waals surface area (Å²) in [6.07, 6.45) is 0. The van der Waals surface area contributed by atoms with Crippen molar-refractivity contribution in [1.82, 2.24) is 0 Å². The fourth-order valence-corrected chi connectivity index (χ4v) is 2.65. The SMILES string of the molecule is O=C(c1cc(Br)cs1)c1ccc(F)c(F)c1F. The summed E-state index contributed by atoms with van der Waals surface area (Å²) in [6, 6.07) is 3.16. The standard InChI is InChI=1S/C11H4BrF3OS/c12-5-3-8(17-4-5)11(16)6-1-2-7(13)10(15)9(6)14/h1-4H. The number of hydrogen-bond donors (Lipinski definition) is 0. The number of thiophene rings is 1. The van der Waals surface area contributed by atoms with Crippen LogP contribution >= 0.6 is 27.3 Å². The first-order chi connectivity index (χ1) is 8.00. The number of carbonyl (C=O) groups is 1. The topological polar surface area (TPSA) is 17.1 Å². The van der Waals surface area contributed by atoms with Crippen LogP contribution < -0.4 is 0 Å². The third-order valence-corrected chi connectivity index (χ3v) is 3.76. The van der Waals surface area contributed by atoms with Crippen molar-refractivity contribution in [3.8, 4) is 0 Å². The Morgan fingerprint density at radius 2 is 1.88 bits per heavy atom. The molecule has 1 heterocycles. The van der Waals surface area contributed by atoms with Crippen molar-refractivity contribution in [3.63, 3.8) is 0 Å². The molecule has 0 amide bonds. The highest BCUT2D eigenvalue weighted by molar-refractivity contribution is 9.10. The van der Waals surface area contributed by atoms with Gasteiger partial charge in [-0.05, 0) is 34.1 Å². The molecule has 0 aliphatic heterocycles. The summed E-state index contributed by atoms with van der Waals surface area (Å²) in [6.45, 7) is 0. The summed E-state index contributed by atoms with van der Waals surface area (Å²) < 4.78 is 39.7. The molecule has 1 nitrogen and oxygen atoms in total. The van der Waals surface area contributed by atoms with Gasteiger partial charge in [-0.15, -0.1) is 11.3 Å². The van der Waals surface area contributed by atoms with Gasteiger partial charge in [0.1, 0.15) is 0 Å². The number of hydrogen-bond acceptors (Lipinski definition) is 2. The van der Waals surface area contributed by atoms with Crippen LogP contribution in [0.2, 0.25) is 0 Å². The number of carbonyl (C=O) groups excluding carboxylic acids is 1. The summed E-state index contributed by atoms with van der Waals surface area (Å²) in [5.41, 5.74) is -0.474. The first-order valence-corrected chi connectivity index (χ1v) is 6.10. The van der Waals surface area contributed by atoms with Crippen LogP contribution in [0.5, 0.6) is 0 Å². The lowest BCUT2D eigenvalue weighted by Gasteiger charge is -2.01. The van der Waals surface area contributed by atoms with Crippen LogP contribution in [0, 0.1) is 17.5 Å². The molecular weight excluding hydrogens is 317 g/mol. The molecule has 0 saturated heterocycles. The van der Waals surface area contributed by atoms with Gasteiger partial charge >= 0.3 is 0 Å². The van der Waals surface area contributed by atoms with Crippen LogP contribution in [0.25, 0.3) is 0 Å². The molecular formula is C11H4BrF3OS. The average molecular weight is 321 g/mol. The molecule has 0 bridgehead atoms. The molecule has 0 unspecified atom stereocenters. The zero-order chi connectivity index (χ0) is 12.6. The predicted molar refractivity (Wildman–Crippen MR) is 61.8 cm³/mol. The lowest BCUT2D eigenvalue weighted by molar-refractivity contribution is 0.103. The summed E-state index contributed by atoms with van der Waals surface area (Å²) in [5.74, 6) is -5.07. The van der Waals surface area contributed by atoms with E-state index in [4.69, 9.17) is 0 Å². The maximum absolute atomic E-state index is 13.4. The fourth-order valence-electron chi connectivity index (χ4n) is 1.27. The van der Waals surface area contributed by atoms with Crippen LogP contribution in [0.1, 0.15) is 15.2 Å². The maximum atomic E-state index is 13.4. The molecule has 0 atom stereocenters. The molecule has 2 rings (SSSR count). The van der Waals surface area contributed by atoms with Crippen LogP contribution in [0.3, 0.4) is 0 Å². The molecule has 88 valence electrons.